The smallest absolute Gasteiger partial charge is 0.137 e. The van der Waals surface area contributed by atoms with Gasteiger partial charge in [0.05, 0.1) is 18.3 Å². The summed E-state index contributed by atoms with van der Waals surface area (Å²) in [5.74, 6) is 2.57. The summed E-state index contributed by atoms with van der Waals surface area (Å²) in [4.78, 5) is 13.5. The molecule has 4 nitrogen and oxygen atoms in total. The van der Waals surface area contributed by atoms with Gasteiger partial charge in [0.2, 0.25) is 0 Å². The second-order valence-electron chi connectivity index (χ2n) is 12.8. The number of Topliss-reactive ketones (excluding diaryl/α,β-unsaturated/α-hetero) is 1. The van der Waals surface area contributed by atoms with E-state index in [0.717, 1.165) is 44.9 Å². The largest absolute Gasteiger partial charge is 0.393 e. The van der Waals surface area contributed by atoms with Crippen molar-refractivity contribution < 1.29 is 20.1 Å². The lowest BCUT2D eigenvalue weighted by molar-refractivity contribution is -0.175. The number of hydrogen-bond acceptors (Lipinski definition) is 4. The van der Waals surface area contributed by atoms with Gasteiger partial charge in [-0.1, -0.05) is 34.6 Å². The standard InChI is InChI=1S/C27H46O4/c1-15(2)22(29)7-6-16(3)20-14-24(31)25-18-13-23(30)21-12-17(28)8-10-26(21,4)19(18)9-11-27(20,25)5/h15-23,25,28-30H,6-14H2,1-5H3/t16-,17+,18-,19+,20-,21-,22+,23-,25-,26-,27-/m1/s1. The number of hydrogen-bond donors (Lipinski definition) is 3. The third-order valence-electron chi connectivity index (χ3n) is 10.9. The van der Waals surface area contributed by atoms with E-state index in [9.17, 15) is 20.1 Å². The van der Waals surface area contributed by atoms with Crippen LogP contribution in [0.3, 0.4) is 0 Å². The van der Waals surface area contributed by atoms with E-state index < -0.39 is 6.10 Å². The Hall–Kier alpha value is -0.450. The molecule has 11 atom stereocenters. The van der Waals surface area contributed by atoms with Gasteiger partial charge in [0, 0.05) is 12.3 Å². The molecule has 31 heavy (non-hydrogen) atoms. The van der Waals surface area contributed by atoms with Gasteiger partial charge in [0.25, 0.3) is 0 Å². The minimum Gasteiger partial charge on any atom is -0.393 e. The van der Waals surface area contributed by atoms with Gasteiger partial charge in [-0.05, 0) is 97.7 Å². The zero-order chi connectivity index (χ0) is 22.7. The van der Waals surface area contributed by atoms with Crippen LogP contribution in [0, 0.1) is 52.3 Å². The third-order valence-corrected chi connectivity index (χ3v) is 10.9. The van der Waals surface area contributed by atoms with E-state index in [1.165, 1.54) is 0 Å². The summed E-state index contributed by atoms with van der Waals surface area (Å²) in [6.45, 7) is 11.1. The van der Waals surface area contributed by atoms with Crippen molar-refractivity contribution in [3.63, 3.8) is 0 Å². The minimum absolute atomic E-state index is 0.0253. The maximum Gasteiger partial charge on any atom is 0.137 e. The fraction of sp³-hybridized carbons (Fsp3) is 0.963. The summed E-state index contributed by atoms with van der Waals surface area (Å²) < 4.78 is 0. The zero-order valence-electron chi connectivity index (χ0n) is 20.4. The average molecular weight is 435 g/mol. The zero-order valence-corrected chi connectivity index (χ0v) is 20.4. The van der Waals surface area contributed by atoms with Gasteiger partial charge in [0.15, 0.2) is 0 Å². The molecule has 0 aromatic heterocycles. The van der Waals surface area contributed by atoms with Crippen LogP contribution in [0.2, 0.25) is 0 Å². The van der Waals surface area contributed by atoms with Crippen LogP contribution in [0.1, 0.15) is 92.4 Å². The van der Waals surface area contributed by atoms with E-state index >= 15 is 0 Å². The fourth-order valence-electron chi connectivity index (χ4n) is 8.94. The number of ketones is 1. The first kappa shape index (κ1) is 23.7. The van der Waals surface area contributed by atoms with Gasteiger partial charge < -0.3 is 15.3 Å². The number of rotatable bonds is 5. The highest BCUT2D eigenvalue weighted by Crippen LogP contribution is 2.67. The van der Waals surface area contributed by atoms with Gasteiger partial charge in [0.1, 0.15) is 5.78 Å². The second kappa shape index (κ2) is 8.40. The Balaban J connectivity index is 1.54. The monoisotopic (exact) mass is 434 g/mol. The van der Waals surface area contributed by atoms with E-state index in [2.05, 4.69) is 34.6 Å². The Morgan fingerprint density at radius 2 is 1.65 bits per heavy atom. The van der Waals surface area contributed by atoms with E-state index in [-0.39, 0.29) is 46.7 Å². The summed E-state index contributed by atoms with van der Waals surface area (Å²) in [6, 6.07) is 0. The molecule has 0 radical (unpaired) electrons. The summed E-state index contributed by atoms with van der Waals surface area (Å²) >= 11 is 0. The van der Waals surface area contributed by atoms with Crippen molar-refractivity contribution in [2.75, 3.05) is 0 Å². The summed E-state index contributed by atoms with van der Waals surface area (Å²) in [5.41, 5.74) is 0.0752. The molecule has 0 aromatic carbocycles. The van der Waals surface area contributed by atoms with E-state index in [4.69, 9.17) is 0 Å². The first-order valence-electron chi connectivity index (χ1n) is 13.1. The van der Waals surface area contributed by atoms with Crippen LogP contribution in [0.4, 0.5) is 0 Å². The van der Waals surface area contributed by atoms with Crippen molar-refractivity contribution in [2.45, 2.75) is 111 Å². The van der Waals surface area contributed by atoms with Crippen LogP contribution in [-0.4, -0.2) is 39.4 Å². The number of carbonyl (C=O) groups excluding carboxylic acids is 1. The van der Waals surface area contributed by atoms with Gasteiger partial charge in [-0.3, -0.25) is 4.79 Å². The Bertz CT molecular complexity index is 676. The average Bonchev–Trinajstić information content (AvgIpc) is 2.98. The molecule has 4 heteroatoms. The number of aliphatic hydroxyl groups excluding tert-OH is 3. The van der Waals surface area contributed by atoms with Gasteiger partial charge >= 0.3 is 0 Å². The van der Waals surface area contributed by atoms with Crippen LogP contribution in [0.5, 0.6) is 0 Å². The quantitative estimate of drug-likeness (QED) is 0.591. The van der Waals surface area contributed by atoms with Crippen molar-refractivity contribution in [1.82, 2.24) is 0 Å². The maximum atomic E-state index is 13.5. The number of fused-ring (bicyclic) bond motifs is 5. The molecule has 0 amide bonds. The Labute approximate surface area is 189 Å². The summed E-state index contributed by atoms with van der Waals surface area (Å²) in [7, 11) is 0. The minimum atomic E-state index is -0.394. The lowest BCUT2D eigenvalue weighted by atomic mass is 9.43. The van der Waals surface area contributed by atoms with Crippen molar-refractivity contribution >= 4 is 5.78 Å². The highest BCUT2D eigenvalue weighted by molar-refractivity contribution is 5.85. The molecule has 3 N–H and O–H groups in total. The predicted molar refractivity (Wildman–Crippen MR) is 122 cm³/mol. The van der Waals surface area contributed by atoms with Crippen LogP contribution in [-0.2, 0) is 4.79 Å². The van der Waals surface area contributed by atoms with Gasteiger partial charge in [-0.25, -0.2) is 0 Å². The lowest BCUT2D eigenvalue weighted by Crippen LogP contribution is -2.59. The highest BCUT2D eigenvalue weighted by atomic mass is 16.3. The van der Waals surface area contributed by atoms with Crippen molar-refractivity contribution in [1.29, 1.82) is 0 Å². The molecule has 0 saturated heterocycles. The molecule has 4 rings (SSSR count). The van der Waals surface area contributed by atoms with E-state index in [1.807, 2.05) is 0 Å². The molecule has 178 valence electrons. The van der Waals surface area contributed by atoms with Crippen LogP contribution in [0.25, 0.3) is 0 Å². The Morgan fingerprint density at radius 3 is 2.32 bits per heavy atom. The number of aliphatic hydroxyl groups is 3. The molecule has 4 aliphatic carbocycles. The molecule has 0 heterocycles. The van der Waals surface area contributed by atoms with Crippen LogP contribution >= 0.6 is 0 Å². The fourth-order valence-corrected chi connectivity index (χ4v) is 8.94. The normalized spacial score (nSPS) is 49.3. The molecule has 4 saturated carbocycles. The van der Waals surface area contributed by atoms with Gasteiger partial charge in [-0.15, -0.1) is 0 Å². The molecule has 4 fully saturated rings. The SMILES string of the molecule is CC(C)[C@@H](O)CC[C@@H](C)[C@H]1CC(=O)[C@H]2[C@@H]3C[C@@H](O)[C@H]4C[C@@H](O)CC[C@]4(C)[C@H]3CC[C@]12C. The molecule has 0 unspecified atom stereocenters. The van der Waals surface area contributed by atoms with Crippen molar-refractivity contribution in [3.8, 4) is 0 Å². The van der Waals surface area contributed by atoms with Crippen LogP contribution < -0.4 is 0 Å². The molecular weight excluding hydrogens is 388 g/mol. The lowest BCUT2D eigenvalue weighted by Gasteiger charge is -2.61. The topological polar surface area (TPSA) is 77.8 Å². The number of carbonyl (C=O) groups is 1. The molecular formula is C27H46O4. The van der Waals surface area contributed by atoms with Crippen molar-refractivity contribution in [2.24, 2.45) is 52.3 Å². The molecule has 0 aliphatic heterocycles. The molecule has 4 aliphatic rings. The Kier molecular flexibility index (Phi) is 6.42. The summed E-state index contributed by atoms with van der Waals surface area (Å²) in [5, 5.41) is 31.7. The molecule has 0 bridgehead atoms. The maximum absolute atomic E-state index is 13.5. The van der Waals surface area contributed by atoms with Gasteiger partial charge in [-0.2, -0.15) is 0 Å². The molecule has 0 spiro atoms. The molecule has 0 aromatic rings. The first-order valence-corrected chi connectivity index (χ1v) is 13.1. The Morgan fingerprint density at radius 1 is 0.968 bits per heavy atom. The van der Waals surface area contributed by atoms with Crippen molar-refractivity contribution in [3.05, 3.63) is 0 Å². The third kappa shape index (κ3) is 3.83. The first-order chi connectivity index (χ1) is 14.5. The predicted octanol–water partition coefficient (Wildman–Crippen LogP) is 4.59. The summed E-state index contributed by atoms with van der Waals surface area (Å²) in [6.07, 6.45) is 7.05. The van der Waals surface area contributed by atoms with E-state index in [1.54, 1.807) is 0 Å². The van der Waals surface area contributed by atoms with Crippen LogP contribution in [0.15, 0.2) is 0 Å². The highest BCUT2D eigenvalue weighted by Gasteiger charge is 2.64. The second-order valence-corrected chi connectivity index (χ2v) is 12.8. The van der Waals surface area contributed by atoms with E-state index in [0.29, 0.717) is 36.4 Å².